The van der Waals surface area contributed by atoms with E-state index in [-0.39, 0.29) is 17.2 Å². The standard InChI is InChI=1S/C21H18ClFN2O3/c1-2-20(27)25-8-6-24(7-9-25)17-12-28-19-11-13(15(22)10-14(17)19)21-16(23)4-3-5-18(21)26/h2-5,10-12,26H,1,6-9H2. The average Bonchev–Trinajstić information content (AvgIpc) is 3.10. The molecule has 1 aliphatic heterocycles. The van der Waals surface area contributed by atoms with Crippen LogP contribution in [-0.4, -0.2) is 42.1 Å². The molecule has 2 heterocycles. The van der Waals surface area contributed by atoms with Crippen LogP contribution < -0.4 is 4.90 Å². The molecule has 0 radical (unpaired) electrons. The number of fused-ring (bicyclic) bond motifs is 1. The second kappa shape index (κ2) is 7.20. The minimum absolute atomic E-state index is 0.0453. The predicted octanol–water partition coefficient (Wildman–Crippen LogP) is 4.43. The van der Waals surface area contributed by atoms with Crippen molar-refractivity contribution in [2.24, 2.45) is 0 Å². The molecule has 0 saturated carbocycles. The normalized spacial score (nSPS) is 14.5. The van der Waals surface area contributed by atoms with Crippen LogP contribution in [0.4, 0.5) is 10.1 Å². The van der Waals surface area contributed by atoms with Crippen LogP contribution in [0.15, 0.2) is 53.7 Å². The quantitative estimate of drug-likeness (QED) is 0.661. The monoisotopic (exact) mass is 400 g/mol. The first kappa shape index (κ1) is 18.4. The van der Waals surface area contributed by atoms with Gasteiger partial charge in [0.25, 0.3) is 0 Å². The number of carbonyl (C=O) groups is 1. The molecule has 3 aromatic rings. The van der Waals surface area contributed by atoms with E-state index in [4.69, 9.17) is 16.0 Å². The predicted molar refractivity (Wildman–Crippen MR) is 107 cm³/mol. The Bertz CT molecular complexity index is 1050. The Morgan fingerprint density at radius 1 is 1.25 bits per heavy atom. The Hall–Kier alpha value is -2.99. The summed E-state index contributed by atoms with van der Waals surface area (Å²) in [6.07, 6.45) is 2.96. The van der Waals surface area contributed by atoms with Gasteiger partial charge in [-0.1, -0.05) is 24.2 Å². The first-order chi connectivity index (χ1) is 13.5. The fourth-order valence-corrected chi connectivity index (χ4v) is 3.80. The molecule has 1 aromatic heterocycles. The van der Waals surface area contributed by atoms with Crippen LogP contribution in [0.25, 0.3) is 22.1 Å². The van der Waals surface area contributed by atoms with E-state index in [1.165, 1.54) is 24.3 Å². The lowest BCUT2D eigenvalue weighted by atomic mass is 10.0. The number of phenols is 1. The molecule has 144 valence electrons. The van der Waals surface area contributed by atoms with Gasteiger partial charge < -0.3 is 19.3 Å². The van der Waals surface area contributed by atoms with Crippen LogP contribution in [0.1, 0.15) is 0 Å². The zero-order valence-electron chi connectivity index (χ0n) is 15.0. The Morgan fingerprint density at radius 3 is 2.68 bits per heavy atom. The number of nitrogens with zero attached hydrogens (tertiary/aromatic N) is 2. The zero-order chi connectivity index (χ0) is 19.8. The van der Waals surface area contributed by atoms with Crippen LogP contribution in [0.5, 0.6) is 5.75 Å². The summed E-state index contributed by atoms with van der Waals surface area (Å²) in [6.45, 7) is 6.01. The van der Waals surface area contributed by atoms with Gasteiger partial charge in [0, 0.05) is 42.2 Å². The molecule has 1 saturated heterocycles. The van der Waals surface area contributed by atoms with Crippen LogP contribution in [-0.2, 0) is 4.79 Å². The summed E-state index contributed by atoms with van der Waals surface area (Å²) >= 11 is 6.43. The minimum atomic E-state index is -0.559. The Balaban J connectivity index is 1.68. The Labute approximate surface area is 166 Å². The number of hydrogen-bond donors (Lipinski definition) is 1. The molecule has 2 aromatic carbocycles. The van der Waals surface area contributed by atoms with Gasteiger partial charge in [-0.25, -0.2) is 4.39 Å². The number of anilines is 1. The summed E-state index contributed by atoms with van der Waals surface area (Å²) in [7, 11) is 0. The lowest BCUT2D eigenvalue weighted by Gasteiger charge is -2.35. The van der Waals surface area contributed by atoms with Gasteiger partial charge in [-0.15, -0.1) is 0 Å². The van der Waals surface area contributed by atoms with Crippen molar-refractivity contribution in [3.63, 3.8) is 0 Å². The van der Waals surface area contributed by atoms with E-state index < -0.39 is 5.82 Å². The van der Waals surface area contributed by atoms with Gasteiger partial charge in [0.2, 0.25) is 5.91 Å². The van der Waals surface area contributed by atoms with E-state index in [2.05, 4.69) is 11.5 Å². The smallest absolute Gasteiger partial charge is 0.246 e. The van der Waals surface area contributed by atoms with E-state index >= 15 is 0 Å². The van der Waals surface area contributed by atoms with E-state index in [1.54, 1.807) is 23.3 Å². The van der Waals surface area contributed by atoms with E-state index in [9.17, 15) is 14.3 Å². The lowest BCUT2D eigenvalue weighted by molar-refractivity contribution is -0.126. The first-order valence-electron chi connectivity index (χ1n) is 8.84. The molecule has 1 aliphatic rings. The summed E-state index contributed by atoms with van der Waals surface area (Å²) in [4.78, 5) is 15.6. The van der Waals surface area contributed by atoms with Crippen molar-refractivity contribution in [1.29, 1.82) is 0 Å². The number of furan rings is 1. The number of aromatic hydroxyl groups is 1. The van der Waals surface area contributed by atoms with E-state index in [0.29, 0.717) is 42.3 Å². The van der Waals surface area contributed by atoms with Gasteiger partial charge >= 0.3 is 0 Å². The SMILES string of the molecule is C=CC(=O)N1CCN(c2coc3cc(-c4c(O)cccc4F)c(Cl)cc23)CC1. The zero-order valence-corrected chi connectivity index (χ0v) is 15.7. The third-order valence-electron chi connectivity index (χ3n) is 5.01. The van der Waals surface area contributed by atoms with Crippen LogP contribution >= 0.6 is 11.6 Å². The fourth-order valence-electron chi connectivity index (χ4n) is 3.55. The van der Waals surface area contributed by atoms with Crippen molar-refractivity contribution in [1.82, 2.24) is 4.90 Å². The molecule has 7 heteroatoms. The number of rotatable bonds is 3. The maximum absolute atomic E-state index is 14.2. The molecule has 28 heavy (non-hydrogen) atoms. The van der Waals surface area contributed by atoms with Gasteiger partial charge in [-0.3, -0.25) is 4.79 Å². The summed E-state index contributed by atoms with van der Waals surface area (Å²) in [5.74, 6) is -0.818. The highest BCUT2D eigenvalue weighted by Crippen LogP contribution is 2.41. The first-order valence-corrected chi connectivity index (χ1v) is 9.22. The third kappa shape index (κ3) is 3.10. The van der Waals surface area contributed by atoms with E-state index in [0.717, 1.165) is 11.1 Å². The van der Waals surface area contributed by atoms with Crippen molar-refractivity contribution >= 4 is 34.2 Å². The van der Waals surface area contributed by atoms with Gasteiger partial charge in [-0.05, 0) is 30.3 Å². The number of halogens is 2. The highest BCUT2D eigenvalue weighted by atomic mass is 35.5. The molecule has 1 fully saturated rings. The van der Waals surface area contributed by atoms with Gasteiger partial charge in [0.15, 0.2) is 0 Å². The number of amides is 1. The topological polar surface area (TPSA) is 56.9 Å². The fraction of sp³-hybridized carbons (Fsp3) is 0.190. The highest BCUT2D eigenvalue weighted by Gasteiger charge is 2.23. The molecular weight excluding hydrogens is 383 g/mol. The van der Waals surface area contributed by atoms with Gasteiger partial charge in [0.05, 0.1) is 11.3 Å². The molecule has 0 atom stereocenters. The minimum Gasteiger partial charge on any atom is -0.507 e. The number of carbonyl (C=O) groups excluding carboxylic acids is 1. The molecular formula is C21H18ClFN2O3. The molecule has 1 amide bonds. The molecule has 1 N–H and O–H groups in total. The number of phenolic OH excluding ortho intramolecular Hbond substituents is 1. The average molecular weight is 401 g/mol. The van der Waals surface area contributed by atoms with Crippen LogP contribution in [0.3, 0.4) is 0 Å². The van der Waals surface area contributed by atoms with Crippen molar-refractivity contribution in [3.8, 4) is 16.9 Å². The third-order valence-corrected chi connectivity index (χ3v) is 5.32. The summed E-state index contributed by atoms with van der Waals surface area (Å²) < 4.78 is 19.9. The molecule has 0 unspecified atom stereocenters. The molecule has 4 rings (SSSR count). The lowest BCUT2D eigenvalue weighted by Crippen LogP contribution is -2.48. The summed E-state index contributed by atoms with van der Waals surface area (Å²) in [6, 6.07) is 7.47. The van der Waals surface area contributed by atoms with Crippen molar-refractivity contribution in [3.05, 3.63) is 60.1 Å². The Kier molecular flexibility index (Phi) is 4.73. The molecule has 0 aliphatic carbocycles. The number of benzene rings is 2. The Morgan fingerprint density at radius 2 is 2.00 bits per heavy atom. The molecule has 0 bridgehead atoms. The van der Waals surface area contributed by atoms with Gasteiger partial charge in [0.1, 0.15) is 23.4 Å². The van der Waals surface area contributed by atoms with Crippen LogP contribution in [0.2, 0.25) is 5.02 Å². The molecule has 5 nitrogen and oxygen atoms in total. The number of piperazine rings is 1. The van der Waals surface area contributed by atoms with Crippen molar-refractivity contribution in [2.45, 2.75) is 0 Å². The number of hydrogen-bond acceptors (Lipinski definition) is 4. The summed E-state index contributed by atoms with van der Waals surface area (Å²) in [5, 5.41) is 11.2. The van der Waals surface area contributed by atoms with Crippen molar-refractivity contribution in [2.75, 3.05) is 31.1 Å². The van der Waals surface area contributed by atoms with E-state index in [1.807, 2.05) is 0 Å². The largest absolute Gasteiger partial charge is 0.507 e. The maximum Gasteiger partial charge on any atom is 0.246 e. The maximum atomic E-state index is 14.2. The van der Waals surface area contributed by atoms with Crippen LogP contribution in [0, 0.1) is 5.82 Å². The van der Waals surface area contributed by atoms with Gasteiger partial charge in [-0.2, -0.15) is 0 Å². The summed E-state index contributed by atoms with van der Waals surface area (Å²) in [5.41, 5.74) is 1.82. The second-order valence-electron chi connectivity index (χ2n) is 6.60. The van der Waals surface area contributed by atoms with Crippen molar-refractivity contribution < 1.29 is 18.7 Å². The highest BCUT2D eigenvalue weighted by molar-refractivity contribution is 6.34. The molecule has 0 spiro atoms. The second-order valence-corrected chi connectivity index (χ2v) is 7.01.